The average Bonchev–Trinajstić information content (AvgIpc) is 2.22. The minimum Gasteiger partial charge on any atom is -0.488 e. The molecule has 1 aromatic carbocycles. The Bertz CT molecular complexity index is 423. The van der Waals surface area contributed by atoms with E-state index < -0.39 is 4.92 Å². The largest absolute Gasteiger partial charge is 0.488 e. The molecule has 1 atom stereocenters. The van der Waals surface area contributed by atoms with Crippen molar-refractivity contribution in [3.63, 3.8) is 0 Å². The van der Waals surface area contributed by atoms with Crippen molar-refractivity contribution in [3.05, 3.63) is 32.3 Å². The summed E-state index contributed by atoms with van der Waals surface area (Å²) in [7, 11) is 1.84. The molecule has 0 radical (unpaired) electrons. The molecule has 0 aliphatic rings. The Balaban J connectivity index is 2.95. The van der Waals surface area contributed by atoms with E-state index in [1.807, 2.05) is 14.0 Å². The third kappa shape index (κ3) is 3.67. The summed E-state index contributed by atoms with van der Waals surface area (Å²) in [6.07, 6.45) is -0.00263. The highest BCUT2D eigenvalue weighted by Crippen LogP contribution is 2.32. The Morgan fingerprint density at radius 2 is 2.24 bits per heavy atom. The second-order valence-electron chi connectivity index (χ2n) is 3.81. The zero-order valence-electron chi connectivity index (χ0n) is 9.99. The lowest BCUT2D eigenvalue weighted by Gasteiger charge is -2.15. The van der Waals surface area contributed by atoms with Crippen molar-refractivity contribution in [2.75, 3.05) is 13.6 Å². The fourth-order valence-corrected chi connectivity index (χ4v) is 1.90. The van der Waals surface area contributed by atoms with E-state index >= 15 is 0 Å². The summed E-state index contributed by atoms with van der Waals surface area (Å²) >= 11 is 3.28. The first-order chi connectivity index (χ1) is 7.95. The van der Waals surface area contributed by atoms with E-state index in [2.05, 4.69) is 21.2 Å². The van der Waals surface area contributed by atoms with Crippen molar-refractivity contribution >= 4 is 21.6 Å². The van der Waals surface area contributed by atoms with Crippen molar-refractivity contribution in [2.24, 2.45) is 0 Å². The maximum Gasteiger partial charge on any atom is 0.273 e. The molecule has 1 N–H and O–H groups in total. The average molecular weight is 303 g/mol. The first kappa shape index (κ1) is 13.9. The summed E-state index contributed by atoms with van der Waals surface area (Å²) in [5.74, 6) is 0.621. The number of halogens is 1. The van der Waals surface area contributed by atoms with Crippen molar-refractivity contribution in [2.45, 2.75) is 20.0 Å². The monoisotopic (exact) mass is 302 g/mol. The lowest BCUT2D eigenvalue weighted by molar-refractivity contribution is -0.385. The third-order valence-corrected chi connectivity index (χ3v) is 2.89. The van der Waals surface area contributed by atoms with Gasteiger partial charge in [-0.05, 0) is 42.9 Å². The number of nitro groups is 1. The van der Waals surface area contributed by atoms with E-state index in [4.69, 9.17) is 4.74 Å². The van der Waals surface area contributed by atoms with Gasteiger partial charge in [-0.3, -0.25) is 10.1 Å². The molecule has 1 unspecified atom stereocenters. The van der Waals surface area contributed by atoms with Crippen LogP contribution in [0.5, 0.6) is 5.75 Å². The molecule has 0 saturated carbocycles. The number of likely N-dealkylation sites (N-methyl/N-ethyl adjacent to an activating group) is 1. The quantitative estimate of drug-likeness (QED) is 0.671. The van der Waals surface area contributed by atoms with Gasteiger partial charge in [0.1, 0.15) is 11.9 Å². The van der Waals surface area contributed by atoms with Crippen LogP contribution in [0.25, 0.3) is 0 Å². The molecule has 0 fully saturated rings. The van der Waals surface area contributed by atoms with Crippen molar-refractivity contribution < 1.29 is 9.66 Å². The van der Waals surface area contributed by atoms with Gasteiger partial charge in [-0.25, -0.2) is 0 Å². The molecule has 0 aliphatic heterocycles. The Hall–Kier alpha value is -1.14. The standard InChI is InChI=1S/C11H15BrN2O3/c1-7-4-11(17-8(2)6-13-3)9(12)5-10(7)14(15)16/h4-5,8,13H,6H2,1-3H3. The maximum atomic E-state index is 10.7. The van der Waals surface area contributed by atoms with Crippen LogP contribution < -0.4 is 10.1 Å². The summed E-state index contributed by atoms with van der Waals surface area (Å²) in [5, 5.41) is 13.7. The molecule has 1 rings (SSSR count). The van der Waals surface area contributed by atoms with Gasteiger partial charge in [0.25, 0.3) is 5.69 Å². The summed E-state index contributed by atoms with van der Waals surface area (Å²) in [5.41, 5.74) is 0.676. The van der Waals surface area contributed by atoms with Crippen LogP contribution in [0.2, 0.25) is 0 Å². The number of ether oxygens (including phenoxy) is 1. The maximum absolute atomic E-state index is 10.7. The molecular formula is C11H15BrN2O3. The predicted octanol–water partition coefficient (Wildman–Crippen LogP) is 2.65. The first-order valence-electron chi connectivity index (χ1n) is 5.21. The first-order valence-corrected chi connectivity index (χ1v) is 6.00. The van der Waals surface area contributed by atoms with Crippen molar-refractivity contribution in [1.29, 1.82) is 0 Å². The van der Waals surface area contributed by atoms with Gasteiger partial charge in [0, 0.05) is 18.2 Å². The molecule has 17 heavy (non-hydrogen) atoms. The molecule has 0 amide bonds. The van der Waals surface area contributed by atoms with Gasteiger partial charge in [-0.15, -0.1) is 0 Å². The van der Waals surface area contributed by atoms with Gasteiger partial charge < -0.3 is 10.1 Å². The number of nitrogens with zero attached hydrogens (tertiary/aromatic N) is 1. The van der Waals surface area contributed by atoms with E-state index in [1.54, 1.807) is 13.0 Å². The Morgan fingerprint density at radius 1 is 1.59 bits per heavy atom. The van der Waals surface area contributed by atoms with E-state index in [9.17, 15) is 10.1 Å². The van der Waals surface area contributed by atoms with E-state index in [0.29, 0.717) is 22.3 Å². The smallest absolute Gasteiger partial charge is 0.273 e. The van der Waals surface area contributed by atoms with Crippen LogP contribution in [0.4, 0.5) is 5.69 Å². The lowest BCUT2D eigenvalue weighted by Crippen LogP contribution is -2.26. The van der Waals surface area contributed by atoms with Gasteiger partial charge in [0.05, 0.1) is 9.40 Å². The minimum absolute atomic E-state index is 0.00263. The number of hydrogen-bond acceptors (Lipinski definition) is 4. The number of aryl methyl sites for hydroxylation is 1. The van der Waals surface area contributed by atoms with E-state index in [1.165, 1.54) is 6.07 Å². The molecule has 0 spiro atoms. The molecule has 0 aliphatic carbocycles. The van der Waals surface area contributed by atoms with Crippen LogP contribution in [-0.4, -0.2) is 24.6 Å². The van der Waals surface area contributed by atoms with Crippen LogP contribution in [-0.2, 0) is 0 Å². The van der Waals surface area contributed by atoms with E-state index in [-0.39, 0.29) is 11.8 Å². The van der Waals surface area contributed by atoms with Gasteiger partial charge >= 0.3 is 0 Å². The van der Waals surface area contributed by atoms with Gasteiger partial charge in [-0.1, -0.05) is 0 Å². The number of nitrogens with one attached hydrogen (secondary N) is 1. The Morgan fingerprint density at radius 3 is 2.76 bits per heavy atom. The van der Waals surface area contributed by atoms with Crippen molar-refractivity contribution in [3.8, 4) is 5.75 Å². The van der Waals surface area contributed by atoms with Crippen molar-refractivity contribution in [1.82, 2.24) is 5.32 Å². The fraction of sp³-hybridized carbons (Fsp3) is 0.455. The third-order valence-electron chi connectivity index (χ3n) is 2.27. The zero-order chi connectivity index (χ0) is 13.0. The summed E-state index contributed by atoms with van der Waals surface area (Å²) in [6, 6.07) is 3.14. The molecule has 0 aromatic heterocycles. The lowest BCUT2D eigenvalue weighted by atomic mass is 10.2. The minimum atomic E-state index is -0.402. The Kier molecular flexibility index (Phi) is 4.89. The highest BCUT2D eigenvalue weighted by Gasteiger charge is 2.16. The predicted molar refractivity (Wildman–Crippen MR) is 69.6 cm³/mol. The second-order valence-corrected chi connectivity index (χ2v) is 4.67. The molecule has 5 nitrogen and oxygen atoms in total. The molecule has 1 aromatic rings. The molecule has 6 heteroatoms. The van der Waals surface area contributed by atoms with Gasteiger partial charge in [0.2, 0.25) is 0 Å². The van der Waals surface area contributed by atoms with Gasteiger partial charge in [-0.2, -0.15) is 0 Å². The number of nitro benzene ring substituents is 1. The summed E-state index contributed by atoms with van der Waals surface area (Å²) < 4.78 is 6.26. The van der Waals surface area contributed by atoms with Crippen LogP contribution in [0.15, 0.2) is 16.6 Å². The highest BCUT2D eigenvalue weighted by atomic mass is 79.9. The summed E-state index contributed by atoms with van der Waals surface area (Å²) in [6.45, 7) is 4.34. The van der Waals surface area contributed by atoms with E-state index in [0.717, 1.165) is 0 Å². The van der Waals surface area contributed by atoms with Crippen LogP contribution in [0.3, 0.4) is 0 Å². The van der Waals surface area contributed by atoms with Gasteiger partial charge in [0.15, 0.2) is 0 Å². The zero-order valence-corrected chi connectivity index (χ0v) is 11.6. The number of hydrogen-bond donors (Lipinski definition) is 1. The summed E-state index contributed by atoms with van der Waals surface area (Å²) in [4.78, 5) is 10.3. The highest BCUT2D eigenvalue weighted by molar-refractivity contribution is 9.10. The second kappa shape index (κ2) is 5.97. The van der Waals surface area contributed by atoms with Crippen LogP contribution in [0.1, 0.15) is 12.5 Å². The van der Waals surface area contributed by atoms with Crippen LogP contribution in [0, 0.1) is 17.0 Å². The SMILES string of the molecule is CNCC(C)Oc1cc(C)c([N+](=O)[O-])cc1Br. The number of benzene rings is 1. The number of rotatable bonds is 5. The molecule has 94 valence electrons. The molecule has 0 saturated heterocycles. The van der Waals surface area contributed by atoms with Crippen LogP contribution >= 0.6 is 15.9 Å². The molecule has 0 heterocycles. The topological polar surface area (TPSA) is 64.4 Å². The normalized spacial score (nSPS) is 12.2. The Labute approximate surface area is 108 Å². The molecular weight excluding hydrogens is 288 g/mol. The fourth-order valence-electron chi connectivity index (χ4n) is 1.48. The molecule has 0 bridgehead atoms.